The molecule has 0 unspecified atom stereocenters. The van der Waals surface area contributed by atoms with Crippen LogP contribution in [-0.2, 0) is 10.5 Å². The largest absolute Gasteiger partial charge is 0.496 e. The van der Waals surface area contributed by atoms with E-state index < -0.39 is 0 Å². The summed E-state index contributed by atoms with van der Waals surface area (Å²) in [6.45, 7) is 4.06. The van der Waals surface area contributed by atoms with Crippen molar-refractivity contribution in [1.29, 1.82) is 0 Å². The number of carbonyl (C=O) groups is 1. The fourth-order valence-electron chi connectivity index (χ4n) is 2.19. The standard InChI is InChI=1S/C18H20BrNO2S/c1-12-5-4-6-16(13(12)2)20-18(21)11-23-10-14-9-15(19)7-8-17(14)22-3/h4-9H,10-11H2,1-3H3,(H,20,21). The minimum absolute atomic E-state index is 0.0117. The molecule has 0 radical (unpaired) electrons. The molecule has 5 heteroatoms. The van der Waals surface area contributed by atoms with E-state index in [1.54, 1.807) is 18.9 Å². The van der Waals surface area contributed by atoms with Gasteiger partial charge in [0.05, 0.1) is 12.9 Å². The number of aryl methyl sites for hydroxylation is 1. The number of nitrogens with one attached hydrogen (secondary N) is 1. The molecule has 0 aromatic heterocycles. The Morgan fingerprint density at radius 1 is 1.26 bits per heavy atom. The molecular formula is C18H20BrNO2S. The molecule has 3 nitrogen and oxygen atoms in total. The van der Waals surface area contributed by atoms with E-state index in [4.69, 9.17) is 4.74 Å². The molecule has 2 aromatic carbocycles. The van der Waals surface area contributed by atoms with Gasteiger partial charge in [0.2, 0.25) is 5.91 Å². The van der Waals surface area contributed by atoms with Gasteiger partial charge in [0, 0.05) is 21.5 Å². The molecule has 1 N–H and O–H groups in total. The van der Waals surface area contributed by atoms with E-state index in [2.05, 4.69) is 21.2 Å². The molecule has 2 aromatic rings. The second-order valence-electron chi connectivity index (χ2n) is 5.24. The summed E-state index contributed by atoms with van der Waals surface area (Å²) in [5.41, 5.74) is 4.25. The molecule has 0 saturated heterocycles. The van der Waals surface area contributed by atoms with Crippen molar-refractivity contribution < 1.29 is 9.53 Å². The Labute approximate surface area is 149 Å². The summed E-state index contributed by atoms with van der Waals surface area (Å²) in [5, 5.41) is 2.98. The molecule has 1 amide bonds. The number of hydrogen-bond acceptors (Lipinski definition) is 3. The maximum atomic E-state index is 12.1. The van der Waals surface area contributed by atoms with Gasteiger partial charge >= 0.3 is 0 Å². The zero-order valence-corrected chi connectivity index (χ0v) is 15.9. The zero-order chi connectivity index (χ0) is 16.8. The monoisotopic (exact) mass is 393 g/mol. The predicted molar refractivity (Wildman–Crippen MR) is 101 cm³/mol. The van der Waals surface area contributed by atoms with Crippen LogP contribution in [0.4, 0.5) is 5.69 Å². The molecule has 0 spiro atoms. The number of anilines is 1. The van der Waals surface area contributed by atoms with Gasteiger partial charge in [-0.1, -0.05) is 28.1 Å². The molecule has 122 valence electrons. The highest BCUT2D eigenvalue weighted by atomic mass is 79.9. The summed E-state index contributed by atoms with van der Waals surface area (Å²) in [4.78, 5) is 12.1. The minimum Gasteiger partial charge on any atom is -0.496 e. The first-order valence-corrected chi connectivity index (χ1v) is 9.22. The van der Waals surface area contributed by atoms with Gasteiger partial charge in [0.15, 0.2) is 0 Å². The normalized spacial score (nSPS) is 10.4. The van der Waals surface area contributed by atoms with Crippen LogP contribution in [0.2, 0.25) is 0 Å². The Morgan fingerprint density at radius 3 is 2.78 bits per heavy atom. The van der Waals surface area contributed by atoms with Crippen LogP contribution < -0.4 is 10.1 Å². The van der Waals surface area contributed by atoms with Gasteiger partial charge in [-0.2, -0.15) is 0 Å². The maximum absolute atomic E-state index is 12.1. The Kier molecular flexibility index (Phi) is 6.54. The third-order valence-electron chi connectivity index (χ3n) is 3.61. The number of carbonyl (C=O) groups excluding carboxylic acids is 1. The molecule has 0 aliphatic carbocycles. The van der Waals surface area contributed by atoms with Crippen LogP contribution in [0.3, 0.4) is 0 Å². The lowest BCUT2D eigenvalue weighted by atomic mass is 10.1. The number of thioether (sulfide) groups is 1. The fourth-order valence-corrected chi connectivity index (χ4v) is 3.40. The predicted octanol–water partition coefficient (Wildman–Crippen LogP) is 4.95. The van der Waals surface area contributed by atoms with Crippen molar-refractivity contribution in [1.82, 2.24) is 0 Å². The summed E-state index contributed by atoms with van der Waals surface area (Å²) >= 11 is 5.03. The Hall–Kier alpha value is -1.46. The smallest absolute Gasteiger partial charge is 0.234 e. The van der Waals surface area contributed by atoms with Crippen molar-refractivity contribution >= 4 is 39.3 Å². The number of methoxy groups -OCH3 is 1. The van der Waals surface area contributed by atoms with E-state index >= 15 is 0 Å². The molecule has 0 fully saturated rings. The van der Waals surface area contributed by atoms with Crippen LogP contribution in [0.25, 0.3) is 0 Å². The first kappa shape index (κ1) is 17.9. The first-order valence-electron chi connectivity index (χ1n) is 7.27. The number of ether oxygens (including phenoxy) is 1. The van der Waals surface area contributed by atoms with Crippen molar-refractivity contribution in [3.8, 4) is 5.75 Å². The molecule has 0 bridgehead atoms. The van der Waals surface area contributed by atoms with Crippen LogP contribution in [-0.4, -0.2) is 18.8 Å². The molecule has 0 saturated carbocycles. The molecule has 0 aliphatic rings. The molecule has 2 rings (SSSR count). The molecular weight excluding hydrogens is 374 g/mol. The van der Waals surface area contributed by atoms with Crippen LogP contribution >= 0.6 is 27.7 Å². The maximum Gasteiger partial charge on any atom is 0.234 e. The lowest BCUT2D eigenvalue weighted by Crippen LogP contribution is -2.15. The Morgan fingerprint density at radius 2 is 2.04 bits per heavy atom. The minimum atomic E-state index is 0.0117. The fraction of sp³-hybridized carbons (Fsp3) is 0.278. The van der Waals surface area contributed by atoms with Crippen molar-refractivity contribution in [2.24, 2.45) is 0 Å². The first-order chi connectivity index (χ1) is 11.0. The van der Waals surface area contributed by atoms with Crippen molar-refractivity contribution in [2.45, 2.75) is 19.6 Å². The van der Waals surface area contributed by atoms with Gasteiger partial charge in [-0.15, -0.1) is 11.8 Å². The van der Waals surface area contributed by atoms with Crippen molar-refractivity contribution in [3.05, 3.63) is 57.6 Å². The average Bonchev–Trinajstić information content (AvgIpc) is 2.52. The van der Waals surface area contributed by atoms with Crippen molar-refractivity contribution in [2.75, 3.05) is 18.2 Å². The third kappa shape index (κ3) is 5.01. The highest BCUT2D eigenvalue weighted by molar-refractivity contribution is 9.10. The number of benzene rings is 2. The summed E-state index contributed by atoms with van der Waals surface area (Å²) in [7, 11) is 1.66. The Bertz CT molecular complexity index is 703. The summed E-state index contributed by atoms with van der Waals surface area (Å²) in [6, 6.07) is 11.8. The average molecular weight is 394 g/mol. The lowest BCUT2D eigenvalue weighted by Gasteiger charge is -2.11. The van der Waals surface area contributed by atoms with Gasteiger partial charge in [-0.05, 0) is 49.2 Å². The Balaban J connectivity index is 1.90. The zero-order valence-electron chi connectivity index (χ0n) is 13.5. The summed E-state index contributed by atoms with van der Waals surface area (Å²) in [5.74, 6) is 1.99. The second kappa shape index (κ2) is 8.41. The van der Waals surface area contributed by atoms with E-state index in [1.807, 2.05) is 50.2 Å². The number of halogens is 1. The van der Waals surface area contributed by atoms with Gasteiger partial charge in [0.1, 0.15) is 5.75 Å². The van der Waals surface area contributed by atoms with E-state index in [1.165, 1.54) is 5.56 Å². The topological polar surface area (TPSA) is 38.3 Å². The van der Waals surface area contributed by atoms with E-state index in [0.29, 0.717) is 5.75 Å². The van der Waals surface area contributed by atoms with Gasteiger partial charge in [-0.3, -0.25) is 4.79 Å². The van der Waals surface area contributed by atoms with E-state index in [0.717, 1.165) is 32.8 Å². The number of rotatable bonds is 6. The highest BCUT2D eigenvalue weighted by Crippen LogP contribution is 2.27. The van der Waals surface area contributed by atoms with Crippen LogP contribution in [0.1, 0.15) is 16.7 Å². The van der Waals surface area contributed by atoms with Crippen molar-refractivity contribution in [3.63, 3.8) is 0 Å². The second-order valence-corrected chi connectivity index (χ2v) is 7.15. The molecule has 23 heavy (non-hydrogen) atoms. The van der Waals surface area contributed by atoms with Crippen LogP contribution in [0, 0.1) is 13.8 Å². The SMILES string of the molecule is COc1ccc(Br)cc1CSCC(=O)Nc1cccc(C)c1C. The molecule has 0 heterocycles. The number of hydrogen-bond donors (Lipinski definition) is 1. The number of amides is 1. The van der Waals surface area contributed by atoms with Crippen LogP contribution in [0.15, 0.2) is 40.9 Å². The lowest BCUT2D eigenvalue weighted by molar-refractivity contribution is -0.113. The van der Waals surface area contributed by atoms with E-state index in [9.17, 15) is 4.79 Å². The van der Waals surface area contributed by atoms with Gasteiger partial charge in [-0.25, -0.2) is 0 Å². The quantitative estimate of drug-likeness (QED) is 0.754. The highest BCUT2D eigenvalue weighted by Gasteiger charge is 2.08. The molecule has 0 aliphatic heterocycles. The third-order valence-corrected chi connectivity index (χ3v) is 5.09. The van der Waals surface area contributed by atoms with E-state index in [-0.39, 0.29) is 5.91 Å². The van der Waals surface area contributed by atoms with Gasteiger partial charge < -0.3 is 10.1 Å². The summed E-state index contributed by atoms with van der Waals surface area (Å²) < 4.78 is 6.36. The van der Waals surface area contributed by atoms with Gasteiger partial charge in [0.25, 0.3) is 0 Å². The molecule has 0 atom stereocenters. The van der Waals surface area contributed by atoms with Crippen LogP contribution in [0.5, 0.6) is 5.75 Å². The summed E-state index contributed by atoms with van der Waals surface area (Å²) in [6.07, 6.45) is 0.